The first-order valence-electron chi connectivity index (χ1n) is 6.78. The van der Waals surface area contributed by atoms with E-state index in [1.165, 1.54) is 0 Å². The first-order valence-corrected chi connectivity index (χ1v) is 6.78. The van der Waals surface area contributed by atoms with Gasteiger partial charge in [-0.3, -0.25) is 4.79 Å². The monoisotopic (exact) mass is 260 g/mol. The van der Waals surface area contributed by atoms with Crippen molar-refractivity contribution in [2.45, 2.75) is 33.7 Å². The molecule has 0 spiro atoms. The Kier molecular flexibility index (Phi) is 11.0. The van der Waals surface area contributed by atoms with Gasteiger partial charge in [0.2, 0.25) is 5.91 Å². The van der Waals surface area contributed by atoms with Crippen molar-refractivity contribution < 1.29 is 14.3 Å². The Morgan fingerprint density at radius 3 is 2.00 bits per heavy atom. The second kappa shape index (κ2) is 11.4. The van der Waals surface area contributed by atoms with Crippen LogP contribution in [-0.4, -0.2) is 62.9 Å². The van der Waals surface area contributed by atoms with Crippen LogP contribution in [0.2, 0.25) is 0 Å². The van der Waals surface area contributed by atoms with Gasteiger partial charge in [-0.1, -0.05) is 13.8 Å². The Morgan fingerprint density at radius 1 is 1.11 bits per heavy atom. The molecule has 0 atom stereocenters. The summed E-state index contributed by atoms with van der Waals surface area (Å²) >= 11 is 0. The summed E-state index contributed by atoms with van der Waals surface area (Å²) in [6, 6.07) is 0.314. The van der Waals surface area contributed by atoms with Gasteiger partial charge in [0.25, 0.3) is 0 Å². The summed E-state index contributed by atoms with van der Waals surface area (Å²) < 4.78 is 10.6. The van der Waals surface area contributed by atoms with Gasteiger partial charge in [0.05, 0.1) is 19.8 Å². The van der Waals surface area contributed by atoms with Crippen LogP contribution in [0.1, 0.15) is 27.7 Å². The molecule has 0 aromatic carbocycles. The molecule has 0 bridgehead atoms. The van der Waals surface area contributed by atoms with Crippen LogP contribution in [0.5, 0.6) is 0 Å². The first-order chi connectivity index (χ1) is 8.61. The third kappa shape index (κ3) is 9.39. The molecule has 0 rings (SSSR count). The lowest BCUT2D eigenvalue weighted by atomic mass is 10.3. The highest BCUT2D eigenvalue weighted by molar-refractivity contribution is 5.78. The maximum absolute atomic E-state index is 12.0. The number of hydrogen-bond acceptors (Lipinski definition) is 4. The second-order valence-corrected chi connectivity index (χ2v) is 4.31. The average molecular weight is 260 g/mol. The summed E-state index contributed by atoms with van der Waals surface area (Å²) in [5.41, 5.74) is 0. The van der Waals surface area contributed by atoms with E-state index < -0.39 is 0 Å². The zero-order valence-corrected chi connectivity index (χ0v) is 12.2. The second-order valence-electron chi connectivity index (χ2n) is 4.31. The number of amides is 1. The number of carbonyl (C=O) groups excluding carboxylic acids is 1. The highest BCUT2D eigenvalue weighted by Gasteiger charge is 2.13. The normalized spacial score (nSPS) is 10.9. The SMILES string of the molecule is CCOCCN(CCOCC)C(=O)CNC(C)C. The van der Waals surface area contributed by atoms with Gasteiger partial charge in [0.15, 0.2) is 0 Å². The molecule has 0 fully saturated rings. The van der Waals surface area contributed by atoms with Crippen LogP contribution in [0, 0.1) is 0 Å². The van der Waals surface area contributed by atoms with Gasteiger partial charge in [-0.15, -0.1) is 0 Å². The van der Waals surface area contributed by atoms with Crippen LogP contribution in [-0.2, 0) is 14.3 Å². The molecule has 0 aromatic rings. The maximum Gasteiger partial charge on any atom is 0.236 e. The molecule has 0 radical (unpaired) electrons. The van der Waals surface area contributed by atoms with E-state index in [0.29, 0.717) is 52.1 Å². The molecule has 5 nitrogen and oxygen atoms in total. The summed E-state index contributed by atoms with van der Waals surface area (Å²) in [5.74, 6) is 0.100. The number of carbonyl (C=O) groups is 1. The van der Waals surface area contributed by atoms with Crippen molar-refractivity contribution in [2.24, 2.45) is 0 Å². The lowest BCUT2D eigenvalue weighted by Crippen LogP contribution is -2.43. The Morgan fingerprint density at radius 2 is 1.61 bits per heavy atom. The first kappa shape index (κ1) is 17.4. The molecule has 18 heavy (non-hydrogen) atoms. The molecule has 0 heterocycles. The molecule has 1 N–H and O–H groups in total. The number of nitrogens with zero attached hydrogens (tertiary/aromatic N) is 1. The van der Waals surface area contributed by atoms with Crippen molar-refractivity contribution in [1.82, 2.24) is 10.2 Å². The third-order valence-electron chi connectivity index (χ3n) is 2.43. The molecule has 0 unspecified atom stereocenters. The van der Waals surface area contributed by atoms with Crippen LogP contribution in [0.15, 0.2) is 0 Å². The van der Waals surface area contributed by atoms with Crippen molar-refractivity contribution >= 4 is 5.91 Å². The van der Waals surface area contributed by atoms with E-state index in [0.717, 1.165) is 0 Å². The fraction of sp³-hybridized carbons (Fsp3) is 0.923. The molecule has 1 amide bonds. The fourth-order valence-corrected chi connectivity index (χ4v) is 1.40. The average Bonchev–Trinajstić information content (AvgIpc) is 2.34. The molecule has 0 aliphatic rings. The van der Waals surface area contributed by atoms with E-state index in [9.17, 15) is 4.79 Å². The van der Waals surface area contributed by atoms with Crippen molar-refractivity contribution in [3.8, 4) is 0 Å². The molecular formula is C13H28N2O3. The maximum atomic E-state index is 12.0. The van der Waals surface area contributed by atoms with Gasteiger partial charge in [0.1, 0.15) is 0 Å². The summed E-state index contributed by atoms with van der Waals surface area (Å²) in [4.78, 5) is 13.8. The fourth-order valence-electron chi connectivity index (χ4n) is 1.40. The highest BCUT2D eigenvalue weighted by atomic mass is 16.5. The van der Waals surface area contributed by atoms with Gasteiger partial charge in [-0.2, -0.15) is 0 Å². The van der Waals surface area contributed by atoms with Gasteiger partial charge >= 0.3 is 0 Å². The molecule has 5 heteroatoms. The number of nitrogens with one attached hydrogen (secondary N) is 1. The van der Waals surface area contributed by atoms with E-state index in [1.807, 2.05) is 27.7 Å². The van der Waals surface area contributed by atoms with E-state index in [1.54, 1.807) is 4.90 Å². The van der Waals surface area contributed by atoms with Gasteiger partial charge in [0, 0.05) is 32.3 Å². The zero-order valence-electron chi connectivity index (χ0n) is 12.2. The Balaban J connectivity index is 4.03. The smallest absolute Gasteiger partial charge is 0.236 e. The summed E-state index contributed by atoms with van der Waals surface area (Å²) in [7, 11) is 0. The van der Waals surface area contributed by atoms with Crippen LogP contribution in [0.3, 0.4) is 0 Å². The van der Waals surface area contributed by atoms with Gasteiger partial charge in [-0.05, 0) is 13.8 Å². The minimum Gasteiger partial charge on any atom is -0.380 e. The molecule has 0 saturated carbocycles. The predicted octanol–water partition coefficient (Wildman–Crippen LogP) is 0.886. The standard InChI is InChI=1S/C13H28N2O3/c1-5-17-9-7-15(8-10-18-6-2)13(16)11-14-12(3)4/h12,14H,5-11H2,1-4H3. The zero-order chi connectivity index (χ0) is 13.8. The largest absolute Gasteiger partial charge is 0.380 e. The van der Waals surface area contributed by atoms with E-state index >= 15 is 0 Å². The van der Waals surface area contributed by atoms with Gasteiger partial charge in [-0.25, -0.2) is 0 Å². The van der Waals surface area contributed by atoms with Crippen LogP contribution < -0.4 is 5.32 Å². The topological polar surface area (TPSA) is 50.8 Å². The summed E-state index contributed by atoms with van der Waals surface area (Å²) in [5, 5.41) is 3.13. The summed E-state index contributed by atoms with van der Waals surface area (Å²) in [6.45, 7) is 12.1. The predicted molar refractivity (Wildman–Crippen MR) is 72.7 cm³/mol. The minimum atomic E-state index is 0.100. The van der Waals surface area contributed by atoms with Crippen LogP contribution in [0.4, 0.5) is 0 Å². The molecule has 0 saturated heterocycles. The van der Waals surface area contributed by atoms with Gasteiger partial charge < -0.3 is 19.7 Å². The molecule has 0 aliphatic carbocycles. The Bertz CT molecular complexity index is 200. The minimum absolute atomic E-state index is 0.100. The number of ether oxygens (including phenoxy) is 2. The Hall–Kier alpha value is -0.650. The van der Waals surface area contributed by atoms with Crippen molar-refractivity contribution in [3.05, 3.63) is 0 Å². The van der Waals surface area contributed by atoms with Crippen LogP contribution >= 0.6 is 0 Å². The van der Waals surface area contributed by atoms with E-state index in [2.05, 4.69) is 5.32 Å². The molecular weight excluding hydrogens is 232 g/mol. The number of rotatable bonds is 11. The molecule has 0 aromatic heterocycles. The van der Waals surface area contributed by atoms with E-state index in [4.69, 9.17) is 9.47 Å². The van der Waals surface area contributed by atoms with E-state index in [-0.39, 0.29) is 5.91 Å². The highest BCUT2D eigenvalue weighted by Crippen LogP contribution is 1.92. The molecule has 108 valence electrons. The van der Waals surface area contributed by atoms with Crippen LogP contribution in [0.25, 0.3) is 0 Å². The lowest BCUT2D eigenvalue weighted by molar-refractivity contribution is -0.131. The Labute approximate surface area is 111 Å². The van der Waals surface area contributed by atoms with Crippen molar-refractivity contribution in [3.63, 3.8) is 0 Å². The molecule has 0 aliphatic heterocycles. The summed E-state index contributed by atoms with van der Waals surface area (Å²) in [6.07, 6.45) is 0. The van der Waals surface area contributed by atoms with Crippen molar-refractivity contribution in [1.29, 1.82) is 0 Å². The quantitative estimate of drug-likeness (QED) is 0.560. The van der Waals surface area contributed by atoms with Crippen molar-refractivity contribution in [2.75, 3.05) is 46.1 Å². The number of hydrogen-bond donors (Lipinski definition) is 1. The third-order valence-corrected chi connectivity index (χ3v) is 2.43. The lowest BCUT2D eigenvalue weighted by Gasteiger charge is -2.23.